The van der Waals surface area contributed by atoms with Gasteiger partial charge < -0.3 is 5.11 Å². The Balaban J connectivity index is 1.94. The lowest BCUT2D eigenvalue weighted by Gasteiger charge is -2.11. The highest BCUT2D eigenvalue weighted by molar-refractivity contribution is 9.10. The van der Waals surface area contributed by atoms with E-state index in [1.54, 1.807) is 23.1 Å². The molecule has 1 atom stereocenters. The van der Waals surface area contributed by atoms with Crippen molar-refractivity contribution in [1.29, 1.82) is 0 Å². The van der Waals surface area contributed by atoms with Gasteiger partial charge in [-0.3, -0.25) is 0 Å². The molecule has 0 fully saturated rings. The molecule has 3 nitrogen and oxygen atoms in total. The van der Waals surface area contributed by atoms with Crippen LogP contribution in [-0.2, 0) is 0 Å². The molecule has 0 unspecified atom stereocenters. The molecule has 1 aromatic heterocycles. The number of benzene rings is 2. The van der Waals surface area contributed by atoms with Crippen LogP contribution in [0.25, 0.3) is 5.69 Å². The number of aromatic nitrogens is 2. The molecular weight excluding hydrogens is 352 g/mol. The van der Waals surface area contributed by atoms with Gasteiger partial charge in [0.1, 0.15) is 6.10 Å². The minimum atomic E-state index is -0.813. The monoisotopic (exact) mass is 362 g/mol. The van der Waals surface area contributed by atoms with Gasteiger partial charge in [-0.2, -0.15) is 5.10 Å². The van der Waals surface area contributed by atoms with Gasteiger partial charge in [0.05, 0.1) is 11.9 Å². The van der Waals surface area contributed by atoms with E-state index < -0.39 is 6.10 Å². The number of para-hydroxylation sites is 1. The lowest BCUT2D eigenvalue weighted by Crippen LogP contribution is -1.99. The Morgan fingerprint density at radius 3 is 2.67 bits per heavy atom. The Bertz CT molecular complexity index is 758. The maximum absolute atomic E-state index is 10.5. The molecule has 0 saturated heterocycles. The maximum Gasteiger partial charge on any atom is 0.109 e. The van der Waals surface area contributed by atoms with Gasteiger partial charge in [0, 0.05) is 26.8 Å². The molecule has 21 heavy (non-hydrogen) atoms. The molecule has 0 bridgehead atoms. The Morgan fingerprint density at radius 1 is 1.14 bits per heavy atom. The largest absolute Gasteiger partial charge is 0.383 e. The second-order valence-corrected chi connectivity index (χ2v) is 5.95. The van der Waals surface area contributed by atoms with Gasteiger partial charge in [-0.25, -0.2) is 4.68 Å². The number of hydrogen-bond acceptors (Lipinski definition) is 2. The van der Waals surface area contributed by atoms with Crippen molar-refractivity contribution in [3.05, 3.63) is 81.5 Å². The number of aliphatic hydroxyl groups is 1. The number of hydrogen-bond donors (Lipinski definition) is 1. The van der Waals surface area contributed by atoms with E-state index in [2.05, 4.69) is 21.0 Å². The van der Waals surface area contributed by atoms with E-state index in [1.165, 1.54) is 0 Å². The molecule has 0 amide bonds. The zero-order valence-electron chi connectivity index (χ0n) is 10.9. The predicted molar refractivity (Wildman–Crippen MR) is 86.8 cm³/mol. The lowest BCUT2D eigenvalue weighted by atomic mass is 10.0. The summed E-state index contributed by atoms with van der Waals surface area (Å²) in [6.45, 7) is 0. The second kappa shape index (κ2) is 6.02. The first-order valence-electron chi connectivity index (χ1n) is 6.38. The van der Waals surface area contributed by atoms with Crippen molar-refractivity contribution in [2.75, 3.05) is 0 Å². The van der Waals surface area contributed by atoms with Crippen LogP contribution in [0, 0.1) is 0 Å². The third-order valence-electron chi connectivity index (χ3n) is 3.19. The summed E-state index contributed by atoms with van der Waals surface area (Å²) >= 11 is 9.55. The van der Waals surface area contributed by atoms with E-state index in [9.17, 15) is 5.11 Å². The van der Waals surface area contributed by atoms with Crippen LogP contribution < -0.4 is 0 Å². The van der Waals surface area contributed by atoms with E-state index in [-0.39, 0.29) is 0 Å². The normalized spacial score (nSPS) is 12.3. The Kier molecular flexibility index (Phi) is 4.10. The van der Waals surface area contributed by atoms with Gasteiger partial charge in [-0.05, 0) is 30.3 Å². The summed E-state index contributed by atoms with van der Waals surface area (Å²) < 4.78 is 2.60. The lowest BCUT2D eigenvalue weighted by molar-refractivity contribution is 0.220. The van der Waals surface area contributed by atoms with Crippen LogP contribution >= 0.6 is 27.5 Å². The van der Waals surface area contributed by atoms with Gasteiger partial charge in [0.15, 0.2) is 0 Å². The fraction of sp³-hybridized carbons (Fsp3) is 0.0625. The van der Waals surface area contributed by atoms with E-state index in [0.29, 0.717) is 16.1 Å². The quantitative estimate of drug-likeness (QED) is 0.750. The van der Waals surface area contributed by atoms with Gasteiger partial charge in [-0.15, -0.1) is 0 Å². The molecule has 3 aromatic rings. The van der Waals surface area contributed by atoms with Crippen molar-refractivity contribution in [3.63, 3.8) is 0 Å². The topological polar surface area (TPSA) is 38.1 Å². The molecule has 106 valence electrons. The zero-order valence-corrected chi connectivity index (χ0v) is 13.3. The standard InChI is InChI=1S/C16H12BrClN2O/c17-12-6-7-15(18)14(8-12)16(21)11-9-19-20(10-11)13-4-2-1-3-5-13/h1-10,16,21H/t16-/m0/s1. The van der Waals surface area contributed by atoms with Crippen molar-refractivity contribution in [1.82, 2.24) is 9.78 Å². The van der Waals surface area contributed by atoms with Crippen molar-refractivity contribution in [3.8, 4) is 5.69 Å². The number of nitrogens with zero attached hydrogens (tertiary/aromatic N) is 2. The summed E-state index contributed by atoms with van der Waals surface area (Å²) in [6.07, 6.45) is 2.64. The van der Waals surface area contributed by atoms with Crippen LogP contribution in [0.1, 0.15) is 17.2 Å². The Hall–Kier alpha value is -1.62. The van der Waals surface area contributed by atoms with Crippen LogP contribution in [0.3, 0.4) is 0 Å². The molecular formula is C16H12BrClN2O. The number of aliphatic hydroxyl groups excluding tert-OH is 1. The van der Waals surface area contributed by atoms with Crippen LogP contribution in [0.4, 0.5) is 0 Å². The molecule has 0 radical (unpaired) electrons. The molecule has 1 N–H and O–H groups in total. The second-order valence-electron chi connectivity index (χ2n) is 4.62. The maximum atomic E-state index is 10.5. The van der Waals surface area contributed by atoms with E-state index >= 15 is 0 Å². The van der Waals surface area contributed by atoms with Crippen LogP contribution in [-0.4, -0.2) is 14.9 Å². The molecule has 0 aliphatic carbocycles. The molecule has 3 rings (SSSR count). The minimum absolute atomic E-state index is 0.526. The summed E-state index contributed by atoms with van der Waals surface area (Å²) in [7, 11) is 0. The average Bonchev–Trinajstić information content (AvgIpc) is 3.00. The number of rotatable bonds is 3. The molecule has 0 saturated carbocycles. The summed E-state index contributed by atoms with van der Waals surface area (Å²) in [5.41, 5.74) is 2.29. The van der Waals surface area contributed by atoms with Crippen molar-refractivity contribution >= 4 is 27.5 Å². The van der Waals surface area contributed by atoms with Gasteiger partial charge in [0.2, 0.25) is 0 Å². The third-order valence-corrected chi connectivity index (χ3v) is 4.03. The molecule has 0 spiro atoms. The summed E-state index contributed by atoms with van der Waals surface area (Å²) in [6, 6.07) is 15.1. The summed E-state index contributed by atoms with van der Waals surface area (Å²) in [4.78, 5) is 0. The fourth-order valence-corrected chi connectivity index (χ4v) is 2.70. The smallest absolute Gasteiger partial charge is 0.109 e. The summed E-state index contributed by atoms with van der Waals surface area (Å²) in [5.74, 6) is 0. The van der Waals surface area contributed by atoms with E-state index in [4.69, 9.17) is 11.6 Å². The van der Waals surface area contributed by atoms with Gasteiger partial charge >= 0.3 is 0 Å². The third kappa shape index (κ3) is 3.02. The van der Waals surface area contributed by atoms with Gasteiger partial charge in [-0.1, -0.05) is 45.7 Å². The van der Waals surface area contributed by atoms with Crippen LogP contribution in [0.5, 0.6) is 0 Å². The van der Waals surface area contributed by atoms with Crippen molar-refractivity contribution in [2.45, 2.75) is 6.10 Å². The fourth-order valence-electron chi connectivity index (χ4n) is 2.10. The van der Waals surface area contributed by atoms with Crippen LogP contribution in [0.15, 0.2) is 65.4 Å². The molecule has 0 aliphatic heterocycles. The number of halogens is 2. The summed E-state index contributed by atoms with van der Waals surface area (Å²) in [5, 5.41) is 15.3. The average molecular weight is 364 g/mol. The van der Waals surface area contributed by atoms with Gasteiger partial charge in [0.25, 0.3) is 0 Å². The first kappa shape index (κ1) is 14.3. The Labute approximate surface area is 135 Å². The molecule has 2 aromatic carbocycles. The zero-order chi connectivity index (χ0) is 14.8. The predicted octanol–water partition coefficient (Wildman–Crippen LogP) is 4.37. The highest BCUT2D eigenvalue weighted by Gasteiger charge is 2.16. The van der Waals surface area contributed by atoms with Crippen molar-refractivity contribution < 1.29 is 5.11 Å². The molecule has 0 aliphatic rings. The molecule has 5 heteroatoms. The highest BCUT2D eigenvalue weighted by Crippen LogP contribution is 2.30. The van der Waals surface area contributed by atoms with Crippen LogP contribution in [0.2, 0.25) is 5.02 Å². The Morgan fingerprint density at radius 2 is 1.90 bits per heavy atom. The van der Waals surface area contributed by atoms with E-state index in [0.717, 1.165) is 10.2 Å². The van der Waals surface area contributed by atoms with Crippen molar-refractivity contribution in [2.24, 2.45) is 0 Å². The first-order chi connectivity index (χ1) is 10.1. The minimum Gasteiger partial charge on any atom is -0.383 e. The first-order valence-corrected chi connectivity index (χ1v) is 7.55. The van der Waals surface area contributed by atoms with E-state index in [1.807, 2.05) is 42.5 Å². The highest BCUT2D eigenvalue weighted by atomic mass is 79.9. The SMILES string of the molecule is O[C@@H](c1cnn(-c2ccccc2)c1)c1cc(Br)ccc1Cl. The molecule has 1 heterocycles.